The maximum absolute atomic E-state index is 5.37. The number of benzene rings is 1. The van der Waals surface area contributed by atoms with Gasteiger partial charge in [-0.25, -0.2) is 4.98 Å². The van der Waals surface area contributed by atoms with E-state index >= 15 is 0 Å². The van der Waals surface area contributed by atoms with Crippen LogP contribution in [0.15, 0.2) is 42.6 Å². The summed E-state index contributed by atoms with van der Waals surface area (Å²) in [7, 11) is 2.05. The number of rotatable bonds is 4. The van der Waals surface area contributed by atoms with Crippen molar-refractivity contribution in [3.05, 3.63) is 48.2 Å². The number of hydrogen-bond donors (Lipinski definition) is 0. The summed E-state index contributed by atoms with van der Waals surface area (Å²) in [6, 6.07) is 12.4. The van der Waals surface area contributed by atoms with Gasteiger partial charge in [-0.05, 0) is 11.6 Å². The van der Waals surface area contributed by atoms with Crippen LogP contribution in [0.25, 0.3) is 0 Å². The number of morpholine rings is 1. The molecule has 0 amide bonds. The molecule has 0 atom stereocenters. The molecule has 5 heteroatoms. The van der Waals surface area contributed by atoms with Crippen LogP contribution in [-0.4, -0.2) is 43.3 Å². The smallest absolute Gasteiger partial charge is 0.227 e. The van der Waals surface area contributed by atoms with Crippen molar-refractivity contribution < 1.29 is 4.74 Å². The first-order valence-electron chi connectivity index (χ1n) is 7.24. The molecule has 1 aliphatic rings. The summed E-state index contributed by atoms with van der Waals surface area (Å²) in [6.07, 6.45) is 1.83. The van der Waals surface area contributed by atoms with Crippen LogP contribution in [0.2, 0.25) is 0 Å². The molecule has 1 saturated heterocycles. The van der Waals surface area contributed by atoms with Gasteiger partial charge in [0.25, 0.3) is 0 Å². The first-order valence-corrected chi connectivity index (χ1v) is 7.24. The Hall–Kier alpha value is -2.14. The van der Waals surface area contributed by atoms with Crippen molar-refractivity contribution in [2.75, 3.05) is 43.2 Å². The predicted octanol–water partition coefficient (Wildman–Crippen LogP) is 1.95. The van der Waals surface area contributed by atoms with E-state index in [0.29, 0.717) is 0 Å². The highest BCUT2D eigenvalue weighted by molar-refractivity contribution is 5.44. The number of ether oxygens (including phenoxy) is 1. The Morgan fingerprint density at radius 2 is 1.90 bits per heavy atom. The van der Waals surface area contributed by atoms with Crippen LogP contribution in [0.3, 0.4) is 0 Å². The summed E-state index contributed by atoms with van der Waals surface area (Å²) in [5.74, 6) is 1.73. The molecule has 3 rings (SSSR count). The summed E-state index contributed by atoms with van der Waals surface area (Å²) in [5.41, 5.74) is 1.27. The SMILES string of the molecule is CN(Cc1ccccc1)c1ccnc(N2CCOCC2)n1. The molecule has 21 heavy (non-hydrogen) atoms. The third-order valence-corrected chi connectivity index (χ3v) is 3.58. The normalized spacial score (nSPS) is 15.0. The van der Waals surface area contributed by atoms with Crippen molar-refractivity contribution in [1.29, 1.82) is 0 Å². The van der Waals surface area contributed by atoms with Gasteiger partial charge >= 0.3 is 0 Å². The van der Waals surface area contributed by atoms with Crippen molar-refractivity contribution in [3.8, 4) is 0 Å². The molecule has 0 bridgehead atoms. The van der Waals surface area contributed by atoms with E-state index in [4.69, 9.17) is 4.74 Å². The molecule has 5 nitrogen and oxygen atoms in total. The average molecular weight is 284 g/mol. The third-order valence-electron chi connectivity index (χ3n) is 3.58. The number of hydrogen-bond acceptors (Lipinski definition) is 5. The van der Waals surface area contributed by atoms with Crippen LogP contribution < -0.4 is 9.80 Å². The molecule has 0 spiro atoms. The first kappa shape index (κ1) is 13.8. The van der Waals surface area contributed by atoms with E-state index in [-0.39, 0.29) is 0 Å². The quantitative estimate of drug-likeness (QED) is 0.858. The van der Waals surface area contributed by atoms with Gasteiger partial charge in [0.2, 0.25) is 5.95 Å². The van der Waals surface area contributed by atoms with Gasteiger partial charge in [-0.1, -0.05) is 30.3 Å². The van der Waals surface area contributed by atoms with Crippen molar-refractivity contribution >= 4 is 11.8 Å². The molecule has 2 aromatic rings. The third kappa shape index (κ3) is 3.49. The highest BCUT2D eigenvalue weighted by Gasteiger charge is 2.14. The largest absolute Gasteiger partial charge is 0.378 e. The highest BCUT2D eigenvalue weighted by atomic mass is 16.5. The van der Waals surface area contributed by atoms with Gasteiger partial charge in [-0.2, -0.15) is 4.98 Å². The molecule has 1 aromatic carbocycles. The summed E-state index contributed by atoms with van der Waals surface area (Å²) >= 11 is 0. The minimum atomic E-state index is 0.743. The second-order valence-corrected chi connectivity index (χ2v) is 5.16. The van der Waals surface area contributed by atoms with E-state index in [2.05, 4.69) is 51.1 Å². The van der Waals surface area contributed by atoms with Gasteiger partial charge in [0.1, 0.15) is 5.82 Å². The van der Waals surface area contributed by atoms with E-state index in [0.717, 1.165) is 44.6 Å². The molecular weight excluding hydrogens is 264 g/mol. The van der Waals surface area contributed by atoms with Crippen molar-refractivity contribution in [3.63, 3.8) is 0 Å². The van der Waals surface area contributed by atoms with Crippen molar-refractivity contribution in [1.82, 2.24) is 9.97 Å². The zero-order valence-electron chi connectivity index (χ0n) is 12.3. The molecule has 0 radical (unpaired) electrons. The number of anilines is 2. The molecule has 2 heterocycles. The van der Waals surface area contributed by atoms with E-state index in [1.165, 1.54) is 5.56 Å². The van der Waals surface area contributed by atoms with Gasteiger partial charge in [-0.3, -0.25) is 0 Å². The van der Waals surface area contributed by atoms with E-state index < -0.39 is 0 Å². The lowest BCUT2D eigenvalue weighted by atomic mass is 10.2. The van der Waals surface area contributed by atoms with E-state index in [1.807, 2.05) is 18.3 Å². The number of nitrogens with zero attached hydrogens (tertiary/aromatic N) is 4. The zero-order chi connectivity index (χ0) is 14.5. The minimum Gasteiger partial charge on any atom is -0.378 e. The van der Waals surface area contributed by atoms with Crippen molar-refractivity contribution in [2.45, 2.75) is 6.54 Å². The average Bonchev–Trinajstić information content (AvgIpc) is 2.57. The summed E-state index contributed by atoms with van der Waals surface area (Å²) in [6.45, 7) is 4.03. The number of aromatic nitrogens is 2. The second kappa shape index (κ2) is 6.54. The van der Waals surface area contributed by atoms with E-state index in [9.17, 15) is 0 Å². The molecule has 1 aliphatic heterocycles. The van der Waals surface area contributed by atoms with E-state index in [1.54, 1.807) is 0 Å². The molecule has 0 unspecified atom stereocenters. The molecule has 0 N–H and O–H groups in total. The molecule has 1 fully saturated rings. The van der Waals surface area contributed by atoms with Gasteiger partial charge in [0.05, 0.1) is 13.2 Å². The van der Waals surface area contributed by atoms with Gasteiger partial charge < -0.3 is 14.5 Å². The minimum absolute atomic E-state index is 0.743. The highest BCUT2D eigenvalue weighted by Crippen LogP contribution is 2.16. The van der Waals surface area contributed by atoms with Crippen LogP contribution in [-0.2, 0) is 11.3 Å². The first-order chi connectivity index (χ1) is 10.3. The topological polar surface area (TPSA) is 41.5 Å². The monoisotopic (exact) mass is 284 g/mol. The summed E-state index contributed by atoms with van der Waals surface area (Å²) in [5, 5.41) is 0. The van der Waals surface area contributed by atoms with Crippen molar-refractivity contribution in [2.24, 2.45) is 0 Å². The molecule has 0 saturated carbocycles. The lowest BCUT2D eigenvalue weighted by Crippen LogP contribution is -2.37. The predicted molar refractivity (Wildman–Crippen MR) is 83.6 cm³/mol. The fraction of sp³-hybridized carbons (Fsp3) is 0.375. The Labute approximate surface area is 125 Å². The van der Waals surface area contributed by atoms with Gasteiger partial charge in [-0.15, -0.1) is 0 Å². The lowest BCUT2D eigenvalue weighted by Gasteiger charge is -2.27. The maximum Gasteiger partial charge on any atom is 0.227 e. The van der Waals surface area contributed by atoms with Crippen LogP contribution >= 0.6 is 0 Å². The van der Waals surface area contributed by atoms with Crippen LogP contribution in [0.1, 0.15) is 5.56 Å². The zero-order valence-corrected chi connectivity index (χ0v) is 12.3. The Kier molecular flexibility index (Phi) is 4.31. The van der Waals surface area contributed by atoms with Gasteiger partial charge in [0, 0.05) is 32.9 Å². The molecule has 110 valence electrons. The standard InChI is InChI=1S/C16H20N4O/c1-19(13-14-5-3-2-4-6-14)15-7-8-17-16(18-15)20-9-11-21-12-10-20/h2-8H,9-13H2,1H3. The fourth-order valence-corrected chi connectivity index (χ4v) is 2.41. The summed E-state index contributed by atoms with van der Waals surface area (Å²) in [4.78, 5) is 13.4. The fourth-order valence-electron chi connectivity index (χ4n) is 2.41. The van der Waals surface area contributed by atoms with Crippen LogP contribution in [0.5, 0.6) is 0 Å². The Bertz CT molecular complexity index is 569. The molecule has 0 aliphatic carbocycles. The Morgan fingerprint density at radius 3 is 2.67 bits per heavy atom. The molecule has 1 aromatic heterocycles. The molecular formula is C16H20N4O. The van der Waals surface area contributed by atoms with Crippen LogP contribution in [0.4, 0.5) is 11.8 Å². The Balaban J connectivity index is 1.72. The van der Waals surface area contributed by atoms with Crippen LogP contribution in [0, 0.1) is 0 Å². The lowest BCUT2D eigenvalue weighted by molar-refractivity contribution is 0.122. The maximum atomic E-state index is 5.37. The summed E-state index contributed by atoms with van der Waals surface area (Å²) < 4.78 is 5.37. The van der Waals surface area contributed by atoms with Gasteiger partial charge in [0.15, 0.2) is 0 Å². The Morgan fingerprint density at radius 1 is 1.14 bits per heavy atom. The second-order valence-electron chi connectivity index (χ2n) is 5.16.